The molecule has 0 spiro atoms. The van der Waals surface area contributed by atoms with Crippen molar-refractivity contribution < 1.29 is 4.39 Å². The van der Waals surface area contributed by atoms with Crippen LogP contribution in [-0.2, 0) is 6.42 Å². The van der Waals surface area contributed by atoms with Gasteiger partial charge in [-0.3, -0.25) is 0 Å². The molecular weight excluding hydrogens is 269 g/mol. The SMILES string of the molecule is CC(C)(C)C1CCc2cc(F)c(Br)cc2N1. The number of hydrogen-bond acceptors (Lipinski definition) is 1. The van der Waals surface area contributed by atoms with Crippen LogP contribution in [0.1, 0.15) is 32.8 Å². The quantitative estimate of drug-likeness (QED) is 0.747. The van der Waals surface area contributed by atoms with Gasteiger partial charge in [-0.1, -0.05) is 20.8 Å². The Balaban J connectivity index is 2.31. The molecule has 0 amide bonds. The molecule has 3 heteroatoms. The van der Waals surface area contributed by atoms with Crippen molar-refractivity contribution in [3.8, 4) is 0 Å². The number of aryl methyl sites for hydroxylation is 1. The van der Waals surface area contributed by atoms with Crippen molar-refractivity contribution in [1.82, 2.24) is 0 Å². The summed E-state index contributed by atoms with van der Waals surface area (Å²) in [7, 11) is 0. The summed E-state index contributed by atoms with van der Waals surface area (Å²) < 4.78 is 13.9. The minimum atomic E-state index is -0.172. The average Bonchev–Trinajstić information content (AvgIpc) is 2.17. The van der Waals surface area contributed by atoms with Gasteiger partial charge >= 0.3 is 0 Å². The Morgan fingerprint density at radius 3 is 2.69 bits per heavy atom. The van der Waals surface area contributed by atoms with Gasteiger partial charge in [-0.2, -0.15) is 0 Å². The van der Waals surface area contributed by atoms with Gasteiger partial charge in [0.1, 0.15) is 5.82 Å². The molecule has 0 radical (unpaired) electrons. The second kappa shape index (κ2) is 4.02. The second-order valence-electron chi connectivity index (χ2n) is 5.53. The van der Waals surface area contributed by atoms with E-state index in [-0.39, 0.29) is 11.2 Å². The van der Waals surface area contributed by atoms with Crippen molar-refractivity contribution in [3.05, 3.63) is 28.0 Å². The molecule has 1 aliphatic heterocycles. The molecule has 1 aromatic carbocycles. The third-order valence-electron chi connectivity index (χ3n) is 3.22. The molecule has 1 atom stereocenters. The maximum Gasteiger partial charge on any atom is 0.137 e. The number of halogens is 2. The number of rotatable bonds is 0. The molecular formula is C13H17BrFN. The van der Waals surface area contributed by atoms with Gasteiger partial charge in [0.2, 0.25) is 0 Å². The first-order valence-corrected chi connectivity index (χ1v) is 6.41. The van der Waals surface area contributed by atoms with Crippen LogP contribution < -0.4 is 5.32 Å². The van der Waals surface area contributed by atoms with Crippen LogP contribution >= 0.6 is 15.9 Å². The van der Waals surface area contributed by atoms with Crippen molar-refractivity contribution in [2.24, 2.45) is 5.41 Å². The van der Waals surface area contributed by atoms with Crippen LogP contribution in [0.3, 0.4) is 0 Å². The summed E-state index contributed by atoms with van der Waals surface area (Å²) in [5.74, 6) is -0.172. The predicted molar refractivity (Wildman–Crippen MR) is 69.3 cm³/mol. The molecule has 16 heavy (non-hydrogen) atoms. The second-order valence-corrected chi connectivity index (χ2v) is 6.38. The number of fused-ring (bicyclic) bond motifs is 1. The molecule has 88 valence electrons. The van der Waals surface area contributed by atoms with Crippen molar-refractivity contribution >= 4 is 21.6 Å². The van der Waals surface area contributed by atoms with E-state index in [1.54, 1.807) is 6.07 Å². The minimum absolute atomic E-state index is 0.172. The van der Waals surface area contributed by atoms with Gasteiger partial charge < -0.3 is 5.32 Å². The number of anilines is 1. The van der Waals surface area contributed by atoms with Crippen molar-refractivity contribution in [2.75, 3.05) is 5.32 Å². The smallest absolute Gasteiger partial charge is 0.137 e. The van der Waals surface area contributed by atoms with E-state index < -0.39 is 0 Å². The summed E-state index contributed by atoms with van der Waals surface area (Å²) >= 11 is 3.23. The molecule has 0 bridgehead atoms. The van der Waals surface area contributed by atoms with Gasteiger partial charge in [-0.05, 0) is 51.9 Å². The highest BCUT2D eigenvalue weighted by atomic mass is 79.9. The summed E-state index contributed by atoms with van der Waals surface area (Å²) in [6.45, 7) is 6.69. The highest BCUT2D eigenvalue weighted by Gasteiger charge is 2.28. The molecule has 1 N–H and O–H groups in total. The Morgan fingerprint density at radius 2 is 2.06 bits per heavy atom. The largest absolute Gasteiger partial charge is 0.382 e. The van der Waals surface area contributed by atoms with E-state index in [0.717, 1.165) is 24.1 Å². The fraction of sp³-hybridized carbons (Fsp3) is 0.538. The topological polar surface area (TPSA) is 12.0 Å². The Labute approximate surface area is 105 Å². The first-order chi connectivity index (χ1) is 7.38. The zero-order chi connectivity index (χ0) is 11.9. The molecule has 0 aromatic heterocycles. The van der Waals surface area contributed by atoms with Gasteiger partial charge in [0.05, 0.1) is 4.47 Å². The molecule has 0 saturated carbocycles. The van der Waals surface area contributed by atoms with Gasteiger partial charge in [0, 0.05) is 11.7 Å². The Bertz CT molecular complexity index is 409. The minimum Gasteiger partial charge on any atom is -0.382 e. The summed E-state index contributed by atoms with van der Waals surface area (Å²) in [4.78, 5) is 0. The van der Waals surface area contributed by atoms with Crippen LogP contribution in [0, 0.1) is 11.2 Å². The molecule has 1 heterocycles. The molecule has 1 nitrogen and oxygen atoms in total. The summed E-state index contributed by atoms with van der Waals surface area (Å²) in [5, 5.41) is 3.51. The number of benzene rings is 1. The zero-order valence-electron chi connectivity index (χ0n) is 9.90. The lowest BCUT2D eigenvalue weighted by molar-refractivity contribution is 0.320. The fourth-order valence-corrected chi connectivity index (χ4v) is 2.48. The zero-order valence-corrected chi connectivity index (χ0v) is 11.5. The normalized spacial score (nSPS) is 20.2. The van der Waals surface area contributed by atoms with E-state index in [0.29, 0.717) is 10.5 Å². The monoisotopic (exact) mass is 285 g/mol. The maximum atomic E-state index is 13.4. The number of hydrogen-bond donors (Lipinski definition) is 1. The van der Waals surface area contributed by atoms with Crippen LogP contribution in [0.2, 0.25) is 0 Å². The van der Waals surface area contributed by atoms with Gasteiger partial charge in [0.25, 0.3) is 0 Å². The van der Waals surface area contributed by atoms with E-state index in [4.69, 9.17) is 0 Å². The molecule has 0 fully saturated rings. The van der Waals surface area contributed by atoms with Crippen LogP contribution in [-0.4, -0.2) is 6.04 Å². The van der Waals surface area contributed by atoms with Gasteiger partial charge in [-0.25, -0.2) is 4.39 Å². The van der Waals surface area contributed by atoms with Crippen molar-refractivity contribution in [1.29, 1.82) is 0 Å². The molecule has 2 rings (SSSR count). The first-order valence-electron chi connectivity index (χ1n) is 5.62. The highest BCUT2D eigenvalue weighted by molar-refractivity contribution is 9.10. The molecule has 0 aliphatic carbocycles. The third-order valence-corrected chi connectivity index (χ3v) is 3.83. The maximum absolute atomic E-state index is 13.4. The van der Waals surface area contributed by atoms with Crippen molar-refractivity contribution in [3.63, 3.8) is 0 Å². The molecule has 0 saturated heterocycles. The molecule has 1 aliphatic rings. The average molecular weight is 286 g/mol. The summed E-state index contributed by atoms with van der Waals surface area (Å²) in [6.07, 6.45) is 2.02. The lowest BCUT2D eigenvalue weighted by Gasteiger charge is -2.36. The van der Waals surface area contributed by atoms with Crippen LogP contribution in [0.5, 0.6) is 0 Å². The number of nitrogens with one attached hydrogen (secondary N) is 1. The van der Waals surface area contributed by atoms with Crippen LogP contribution in [0.4, 0.5) is 10.1 Å². The lowest BCUT2D eigenvalue weighted by atomic mass is 9.81. The molecule has 1 unspecified atom stereocenters. The highest BCUT2D eigenvalue weighted by Crippen LogP contribution is 2.35. The van der Waals surface area contributed by atoms with E-state index in [9.17, 15) is 4.39 Å². The van der Waals surface area contributed by atoms with E-state index in [1.165, 1.54) is 0 Å². The van der Waals surface area contributed by atoms with E-state index >= 15 is 0 Å². The van der Waals surface area contributed by atoms with Crippen molar-refractivity contribution in [2.45, 2.75) is 39.7 Å². The standard InChI is InChI=1S/C13H17BrFN/c1-13(2,3)12-5-4-8-6-10(15)9(14)7-11(8)16-12/h6-7,12,16H,4-5H2,1-3H3. The van der Waals surface area contributed by atoms with Gasteiger partial charge in [-0.15, -0.1) is 0 Å². The van der Waals surface area contributed by atoms with Crippen LogP contribution in [0.15, 0.2) is 16.6 Å². The predicted octanol–water partition coefficient (Wildman–Crippen LogP) is 4.36. The summed E-state index contributed by atoms with van der Waals surface area (Å²) in [6, 6.07) is 3.94. The Hall–Kier alpha value is -0.570. The fourth-order valence-electron chi connectivity index (χ4n) is 2.14. The van der Waals surface area contributed by atoms with Crippen LogP contribution in [0.25, 0.3) is 0 Å². The van der Waals surface area contributed by atoms with Gasteiger partial charge in [0.15, 0.2) is 0 Å². The Morgan fingerprint density at radius 1 is 1.38 bits per heavy atom. The lowest BCUT2D eigenvalue weighted by Crippen LogP contribution is -2.37. The summed E-state index contributed by atoms with van der Waals surface area (Å²) in [5.41, 5.74) is 2.39. The third kappa shape index (κ3) is 2.24. The van der Waals surface area contributed by atoms with E-state index in [1.807, 2.05) is 6.07 Å². The first kappa shape index (κ1) is 11.9. The Kier molecular flexibility index (Phi) is 2.99. The van der Waals surface area contributed by atoms with E-state index in [2.05, 4.69) is 42.0 Å². The molecule has 1 aromatic rings.